The minimum absolute atomic E-state index is 0.137. The van der Waals surface area contributed by atoms with Crippen LogP contribution in [0.3, 0.4) is 0 Å². The van der Waals surface area contributed by atoms with Gasteiger partial charge in [-0.05, 0) is 51.7 Å². The van der Waals surface area contributed by atoms with E-state index in [1.807, 2.05) is 0 Å². The lowest BCUT2D eigenvalue weighted by Crippen LogP contribution is -2.30. The number of hydrogen-bond acceptors (Lipinski definition) is 6. The van der Waals surface area contributed by atoms with Crippen molar-refractivity contribution in [2.24, 2.45) is 0 Å². The smallest absolute Gasteiger partial charge is 0.327 e. The molecular formula is C20H34N6O2. The largest absolute Gasteiger partial charge is 0.463 e. The zero-order valence-electron chi connectivity index (χ0n) is 17.3. The van der Waals surface area contributed by atoms with Gasteiger partial charge in [0.1, 0.15) is 5.52 Å². The van der Waals surface area contributed by atoms with Gasteiger partial charge < -0.3 is 19.9 Å². The van der Waals surface area contributed by atoms with Gasteiger partial charge >= 0.3 is 11.7 Å². The molecule has 0 bridgehead atoms. The number of nitrogens with one attached hydrogen (secondary N) is 2. The minimum Gasteiger partial charge on any atom is -0.463 e. The number of aromatic nitrogens is 4. The third kappa shape index (κ3) is 5.25. The molecule has 1 saturated heterocycles. The monoisotopic (exact) mass is 390 g/mol. The van der Waals surface area contributed by atoms with Crippen molar-refractivity contribution in [3.8, 4) is 6.01 Å². The highest BCUT2D eigenvalue weighted by atomic mass is 16.5. The number of aryl methyl sites for hydroxylation is 1. The number of hydrogen-bond donors (Lipinski definition) is 2. The Balaban J connectivity index is 1.61. The first kappa shape index (κ1) is 20.6. The number of rotatable bonds is 11. The van der Waals surface area contributed by atoms with Crippen LogP contribution in [-0.4, -0.2) is 57.7 Å². The van der Waals surface area contributed by atoms with Crippen molar-refractivity contribution in [3.05, 3.63) is 10.5 Å². The van der Waals surface area contributed by atoms with Gasteiger partial charge in [-0.25, -0.2) is 4.79 Å². The Morgan fingerprint density at radius 3 is 2.61 bits per heavy atom. The number of unbranched alkanes of at least 4 members (excludes halogenated alkanes) is 3. The summed E-state index contributed by atoms with van der Waals surface area (Å²) in [6.45, 7) is 7.01. The Morgan fingerprint density at radius 1 is 1.07 bits per heavy atom. The second-order valence-electron chi connectivity index (χ2n) is 7.55. The number of H-pyrrole nitrogens is 1. The number of piperidine rings is 1. The van der Waals surface area contributed by atoms with Crippen molar-refractivity contribution >= 4 is 17.0 Å². The summed E-state index contributed by atoms with van der Waals surface area (Å²) in [4.78, 5) is 26.8. The van der Waals surface area contributed by atoms with Crippen molar-refractivity contribution in [2.75, 3.05) is 38.6 Å². The maximum absolute atomic E-state index is 12.5. The fourth-order valence-corrected chi connectivity index (χ4v) is 3.74. The number of ether oxygens (including phenoxy) is 1. The normalized spacial score (nSPS) is 15.2. The zero-order chi connectivity index (χ0) is 19.8. The van der Waals surface area contributed by atoms with E-state index in [1.165, 1.54) is 45.3 Å². The Labute approximate surface area is 166 Å². The van der Waals surface area contributed by atoms with Crippen molar-refractivity contribution in [3.63, 3.8) is 0 Å². The number of likely N-dealkylation sites (tertiary alicyclic amines) is 1. The molecule has 0 spiro atoms. The molecule has 28 heavy (non-hydrogen) atoms. The van der Waals surface area contributed by atoms with E-state index in [-0.39, 0.29) is 5.69 Å². The molecule has 1 aliphatic heterocycles. The molecule has 2 N–H and O–H groups in total. The Hall–Kier alpha value is -2.09. The highest BCUT2D eigenvalue weighted by Crippen LogP contribution is 2.20. The lowest BCUT2D eigenvalue weighted by Gasteiger charge is -2.26. The molecular weight excluding hydrogens is 356 g/mol. The van der Waals surface area contributed by atoms with E-state index >= 15 is 0 Å². The first-order chi connectivity index (χ1) is 13.7. The molecule has 1 aliphatic rings. The van der Waals surface area contributed by atoms with Gasteiger partial charge in [-0.1, -0.05) is 26.2 Å². The Morgan fingerprint density at radius 2 is 1.86 bits per heavy atom. The number of anilines is 1. The second-order valence-corrected chi connectivity index (χ2v) is 7.55. The molecule has 0 unspecified atom stereocenters. The van der Waals surface area contributed by atoms with Crippen LogP contribution in [0.15, 0.2) is 4.79 Å². The fraction of sp³-hybridized carbons (Fsp3) is 0.750. The summed E-state index contributed by atoms with van der Waals surface area (Å²) in [5.74, 6) is 0.595. The summed E-state index contributed by atoms with van der Waals surface area (Å²) in [6, 6.07) is 0.322. The Kier molecular flexibility index (Phi) is 7.71. The molecule has 3 rings (SSSR count). The molecule has 0 radical (unpaired) electrons. The summed E-state index contributed by atoms with van der Waals surface area (Å²) in [5, 5.41) is 3.03. The van der Waals surface area contributed by atoms with Crippen LogP contribution in [0.4, 0.5) is 5.82 Å². The fourth-order valence-electron chi connectivity index (χ4n) is 3.74. The molecule has 1 fully saturated rings. The van der Waals surface area contributed by atoms with Crippen LogP contribution in [0.2, 0.25) is 0 Å². The lowest BCUT2D eigenvalue weighted by molar-refractivity contribution is 0.224. The Bertz CT molecular complexity index is 794. The second kappa shape index (κ2) is 10.5. The van der Waals surface area contributed by atoms with Crippen molar-refractivity contribution in [1.29, 1.82) is 0 Å². The maximum atomic E-state index is 12.5. The third-order valence-corrected chi connectivity index (χ3v) is 5.37. The summed E-state index contributed by atoms with van der Waals surface area (Å²) >= 11 is 0. The van der Waals surface area contributed by atoms with Gasteiger partial charge in [-0.2, -0.15) is 9.97 Å². The standard InChI is InChI=1S/C20H34N6O2/c1-3-4-15-28-19-23-17(21-2)16-18(24-19)26(20(27)22-16)14-10-6-9-13-25-11-7-5-8-12-25/h3-15H2,1-2H3,(H,22,27)(H,21,23,24). The van der Waals surface area contributed by atoms with Crippen molar-refractivity contribution < 1.29 is 4.74 Å². The van der Waals surface area contributed by atoms with Crippen LogP contribution in [0.5, 0.6) is 6.01 Å². The molecule has 2 aromatic rings. The topological polar surface area (TPSA) is 88.1 Å². The van der Waals surface area contributed by atoms with E-state index in [9.17, 15) is 4.79 Å². The molecule has 0 amide bonds. The van der Waals surface area contributed by atoms with Crippen molar-refractivity contribution in [1.82, 2.24) is 24.4 Å². The molecule has 3 heterocycles. The molecule has 0 atom stereocenters. The van der Waals surface area contributed by atoms with E-state index < -0.39 is 0 Å². The average Bonchev–Trinajstić information content (AvgIpc) is 3.03. The van der Waals surface area contributed by atoms with Crippen LogP contribution in [0, 0.1) is 0 Å². The van der Waals surface area contributed by atoms with E-state index in [2.05, 4.69) is 32.1 Å². The van der Waals surface area contributed by atoms with Gasteiger partial charge in [0.25, 0.3) is 0 Å². The molecule has 2 aromatic heterocycles. The summed E-state index contributed by atoms with van der Waals surface area (Å²) in [6.07, 6.45) is 9.30. The summed E-state index contributed by atoms with van der Waals surface area (Å²) < 4.78 is 7.39. The molecule has 0 saturated carbocycles. The number of imidazole rings is 1. The number of fused-ring (bicyclic) bond motifs is 1. The van der Waals surface area contributed by atoms with Gasteiger partial charge in [0, 0.05) is 13.6 Å². The van der Waals surface area contributed by atoms with Crippen LogP contribution in [-0.2, 0) is 6.54 Å². The van der Waals surface area contributed by atoms with Gasteiger partial charge in [-0.3, -0.25) is 4.57 Å². The molecule has 0 aliphatic carbocycles. The number of aromatic amines is 1. The summed E-state index contributed by atoms with van der Waals surface area (Å²) in [5.41, 5.74) is 1.12. The SMILES string of the molecule is CCCCOc1nc(NC)c2[nH]c(=O)n(CCCCCN3CCCCC3)c2n1. The minimum atomic E-state index is -0.137. The zero-order valence-corrected chi connectivity index (χ0v) is 17.3. The summed E-state index contributed by atoms with van der Waals surface area (Å²) in [7, 11) is 1.79. The first-order valence-electron chi connectivity index (χ1n) is 10.8. The highest BCUT2D eigenvalue weighted by Gasteiger charge is 2.15. The van der Waals surface area contributed by atoms with Gasteiger partial charge in [-0.15, -0.1) is 0 Å². The van der Waals surface area contributed by atoms with Crippen LogP contribution in [0.1, 0.15) is 58.3 Å². The quantitative estimate of drug-likeness (QED) is 0.574. The molecule has 0 aromatic carbocycles. The van der Waals surface area contributed by atoms with Gasteiger partial charge in [0.15, 0.2) is 11.5 Å². The van der Waals surface area contributed by atoms with Crippen molar-refractivity contribution in [2.45, 2.75) is 64.8 Å². The first-order valence-corrected chi connectivity index (χ1v) is 10.8. The average molecular weight is 391 g/mol. The van der Waals surface area contributed by atoms with E-state index in [0.717, 1.165) is 25.7 Å². The van der Waals surface area contributed by atoms with Crippen LogP contribution in [0.25, 0.3) is 11.2 Å². The predicted molar refractivity (Wildman–Crippen MR) is 112 cm³/mol. The molecule has 156 valence electrons. The van der Waals surface area contributed by atoms with Gasteiger partial charge in [0.05, 0.1) is 6.61 Å². The van der Waals surface area contributed by atoms with Crippen LogP contribution >= 0.6 is 0 Å². The van der Waals surface area contributed by atoms with E-state index in [0.29, 0.717) is 36.1 Å². The predicted octanol–water partition coefficient (Wildman–Crippen LogP) is 3.00. The van der Waals surface area contributed by atoms with Gasteiger partial charge in [0.2, 0.25) is 0 Å². The number of nitrogens with zero attached hydrogens (tertiary/aromatic N) is 4. The lowest BCUT2D eigenvalue weighted by atomic mass is 10.1. The molecule has 8 heteroatoms. The maximum Gasteiger partial charge on any atom is 0.327 e. The molecule has 8 nitrogen and oxygen atoms in total. The van der Waals surface area contributed by atoms with E-state index in [1.54, 1.807) is 11.6 Å². The van der Waals surface area contributed by atoms with Crippen LogP contribution < -0.4 is 15.7 Å². The third-order valence-electron chi connectivity index (χ3n) is 5.37. The highest BCUT2D eigenvalue weighted by molar-refractivity contribution is 5.83. The van der Waals surface area contributed by atoms with E-state index in [4.69, 9.17) is 4.74 Å².